The number of rotatable bonds is 2. The van der Waals surface area contributed by atoms with E-state index in [9.17, 15) is 10.1 Å². The summed E-state index contributed by atoms with van der Waals surface area (Å²) in [6.45, 7) is 1.51. The van der Waals surface area contributed by atoms with E-state index in [4.69, 9.17) is 4.74 Å². The van der Waals surface area contributed by atoms with Crippen molar-refractivity contribution in [2.75, 3.05) is 0 Å². The topological polar surface area (TPSA) is 55.7 Å². The van der Waals surface area contributed by atoms with Crippen molar-refractivity contribution in [2.24, 2.45) is 0 Å². The minimum absolute atomic E-state index is 0.368. The highest BCUT2D eigenvalue weighted by Crippen LogP contribution is 2.49. The summed E-state index contributed by atoms with van der Waals surface area (Å²) in [4.78, 5) is 10.4. The van der Waals surface area contributed by atoms with Crippen molar-refractivity contribution in [3.63, 3.8) is 0 Å². The third kappa shape index (κ3) is 1.49. The second-order valence-corrected chi connectivity index (χ2v) is 4.42. The zero-order valence-electron chi connectivity index (χ0n) is 9.29. The maximum absolute atomic E-state index is 10.8. The standard InChI is InChI=1S/C13H11NO3/c1-13(14(15)16)12(17-13)11-7-6-9-4-2-3-5-10(9)8-11/h2-8,12H,1H3. The van der Waals surface area contributed by atoms with Crippen molar-refractivity contribution >= 4 is 10.8 Å². The second kappa shape index (κ2) is 3.28. The molecule has 2 aromatic rings. The van der Waals surface area contributed by atoms with E-state index < -0.39 is 11.8 Å². The lowest BCUT2D eigenvalue weighted by Crippen LogP contribution is -2.19. The quantitative estimate of drug-likeness (QED) is 0.452. The molecule has 0 aliphatic carbocycles. The molecule has 0 saturated carbocycles. The first kappa shape index (κ1) is 10.2. The third-order valence-electron chi connectivity index (χ3n) is 3.22. The Morgan fingerprint density at radius 1 is 1.24 bits per heavy atom. The summed E-state index contributed by atoms with van der Waals surface area (Å²) in [5.74, 6) is 0. The molecule has 0 bridgehead atoms. The molecule has 1 heterocycles. The van der Waals surface area contributed by atoms with Crippen molar-refractivity contribution in [1.82, 2.24) is 0 Å². The number of hydrogen-bond acceptors (Lipinski definition) is 3. The summed E-state index contributed by atoms with van der Waals surface area (Å²) in [6.07, 6.45) is -0.429. The van der Waals surface area contributed by atoms with E-state index in [0.29, 0.717) is 0 Å². The highest BCUT2D eigenvalue weighted by molar-refractivity contribution is 5.83. The average molecular weight is 229 g/mol. The van der Waals surface area contributed by atoms with Gasteiger partial charge in [0, 0.05) is 6.92 Å². The van der Waals surface area contributed by atoms with Crippen molar-refractivity contribution in [1.29, 1.82) is 0 Å². The Hall–Kier alpha value is -1.94. The monoisotopic (exact) mass is 229 g/mol. The maximum atomic E-state index is 10.8. The summed E-state index contributed by atoms with van der Waals surface area (Å²) in [7, 11) is 0. The number of nitro groups is 1. The predicted molar refractivity (Wildman–Crippen MR) is 63.2 cm³/mol. The van der Waals surface area contributed by atoms with Gasteiger partial charge in [-0.25, -0.2) is 0 Å². The summed E-state index contributed by atoms with van der Waals surface area (Å²) >= 11 is 0. The molecule has 4 nitrogen and oxygen atoms in total. The van der Waals surface area contributed by atoms with Gasteiger partial charge in [0.2, 0.25) is 0 Å². The van der Waals surface area contributed by atoms with Crippen molar-refractivity contribution in [3.05, 3.63) is 58.1 Å². The van der Waals surface area contributed by atoms with E-state index in [-0.39, 0.29) is 4.92 Å². The van der Waals surface area contributed by atoms with Crippen LogP contribution in [0.1, 0.15) is 18.6 Å². The van der Waals surface area contributed by atoms with E-state index in [2.05, 4.69) is 0 Å². The fourth-order valence-corrected chi connectivity index (χ4v) is 2.09. The summed E-state index contributed by atoms with van der Waals surface area (Å²) in [5.41, 5.74) is -0.384. The zero-order chi connectivity index (χ0) is 12.0. The van der Waals surface area contributed by atoms with Gasteiger partial charge < -0.3 is 0 Å². The van der Waals surface area contributed by atoms with Gasteiger partial charge in [0.1, 0.15) is 0 Å². The SMILES string of the molecule is CC1([N+](=O)[O-])OC1c1ccc2ccccc2c1. The van der Waals surface area contributed by atoms with E-state index in [1.54, 1.807) is 0 Å². The van der Waals surface area contributed by atoms with Crippen LogP contribution in [0.5, 0.6) is 0 Å². The Kier molecular flexibility index (Phi) is 1.97. The molecule has 1 aliphatic heterocycles. The Labute approximate surface area is 98.0 Å². The largest absolute Gasteiger partial charge is 0.353 e. The Morgan fingerprint density at radius 2 is 1.94 bits per heavy atom. The van der Waals surface area contributed by atoms with E-state index in [0.717, 1.165) is 16.3 Å². The van der Waals surface area contributed by atoms with Gasteiger partial charge >= 0.3 is 5.72 Å². The Balaban J connectivity index is 2.01. The van der Waals surface area contributed by atoms with Crippen LogP contribution in [0, 0.1) is 10.1 Å². The summed E-state index contributed by atoms with van der Waals surface area (Å²) in [5, 5.41) is 13.0. The van der Waals surface area contributed by atoms with Crippen LogP contribution in [0.25, 0.3) is 10.8 Å². The first-order chi connectivity index (χ1) is 8.11. The van der Waals surface area contributed by atoms with Gasteiger partial charge in [0.25, 0.3) is 0 Å². The molecule has 2 aromatic carbocycles. The Morgan fingerprint density at radius 3 is 2.59 bits per heavy atom. The second-order valence-electron chi connectivity index (χ2n) is 4.42. The minimum atomic E-state index is -1.25. The van der Waals surface area contributed by atoms with E-state index in [1.165, 1.54) is 6.92 Å². The Bertz CT molecular complexity index is 610. The number of fused-ring (bicyclic) bond motifs is 1. The molecular formula is C13H11NO3. The van der Waals surface area contributed by atoms with Crippen LogP contribution < -0.4 is 0 Å². The molecule has 2 unspecified atom stereocenters. The number of hydrogen-bond donors (Lipinski definition) is 0. The molecular weight excluding hydrogens is 218 g/mol. The average Bonchev–Trinajstić information content (AvgIpc) is 3.03. The van der Waals surface area contributed by atoms with Gasteiger partial charge in [0.05, 0.1) is 4.92 Å². The minimum Gasteiger partial charge on any atom is -0.294 e. The number of ether oxygens (including phenoxy) is 1. The summed E-state index contributed by atoms with van der Waals surface area (Å²) in [6, 6.07) is 13.7. The van der Waals surface area contributed by atoms with Crippen LogP contribution in [0.2, 0.25) is 0 Å². The zero-order valence-corrected chi connectivity index (χ0v) is 9.29. The smallest absolute Gasteiger partial charge is 0.294 e. The van der Waals surface area contributed by atoms with Gasteiger partial charge in [-0.3, -0.25) is 14.9 Å². The molecule has 17 heavy (non-hydrogen) atoms. The molecule has 2 atom stereocenters. The summed E-state index contributed by atoms with van der Waals surface area (Å²) < 4.78 is 5.20. The van der Waals surface area contributed by atoms with Gasteiger partial charge in [-0.15, -0.1) is 0 Å². The normalized spacial score (nSPS) is 27.0. The van der Waals surface area contributed by atoms with Gasteiger partial charge in [-0.2, -0.15) is 0 Å². The van der Waals surface area contributed by atoms with Gasteiger partial charge in [-0.05, 0) is 22.4 Å². The van der Waals surface area contributed by atoms with Crippen LogP contribution in [-0.4, -0.2) is 10.6 Å². The molecule has 1 fully saturated rings. The fourth-order valence-electron chi connectivity index (χ4n) is 2.09. The highest BCUT2D eigenvalue weighted by Gasteiger charge is 2.65. The number of nitrogens with zero attached hydrogens (tertiary/aromatic N) is 1. The highest BCUT2D eigenvalue weighted by atomic mass is 16.7. The molecule has 0 radical (unpaired) electrons. The molecule has 4 heteroatoms. The molecule has 0 spiro atoms. The first-order valence-corrected chi connectivity index (χ1v) is 5.42. The maximum Gasteiger partial charge on any atom is 0.353 e. The lowest BCUT2D eigenvalue weighted by atomic mass is 10.0. The first-order valence-electron chi connectivity index (χ1n) is 5.42. The lowest BCUT2D eigenvalue weighted by Gasteiger charge is -2.01. The van der Waals surface area contributed by atoms with Crippen molar-refractivity contribution < 1.29 is 9.66 Å². The fraction of sp³-hybridized carbons (Fsp3) is 0.231. The molecule has 0 N–H and O–H groups in total. The molecule has 0 aromatic heterocycles. The van der Waals surface area contributed by atoms with Crippen LogP contribution in [0.4, 0.5) is 0 Å². The number of epoxide rings is 1. The van der Waals surface area contributed by atoms with Crippen LogP contribution in [-0.2, 0) is 4.74 Å². The van der Waals surface area contributed by atoms with Crippen molar-refractivity contribution in [2.45, 2.75) is 18.8 Å². The molecule has 1 saturated heterocycles. The third-order valence-corrected chi connectivity index (χ3v) is 3.22. The van der Waals surface area contributed by atoms with E-state index >= 15 is 0 Å². The van der Waals surface area contributed by atoms with Gasteiger partial charge in [-0.1, -0.05) is 36.4 Å². The molecule has 86 valence electrons. The lowest BCUT2D eigenvalue weighted by molar-refractivity contribution is -0.558. The molecule has 3 rings (SSSR count). The predicted octanol–water partition coefficient (Wildman–Crippen LogP) is 2.90. The number of benzene rings is 2. The van der Waals surface area contributed by atoms with Crippen LogP contribution in [0.15, 0.2) is 42.5 Å². The van der Waals surface area contributed by atoms with E-state index in [1.807, 2.05) is 42.5 Å². The van der Waals surface area contributed by atoms with Gasteiger partial charge in [0.15, 0.2) is 6.10 Å². The van der Waals surface area contributed by atoms with Crippen molar-refractivity contribution in [3.8, 4) is 0 Å². The molecule has 0 amide bonds. The molecule has 1 aliphatic rings. The van der Waals surface area contributed by atoms with Crippen LogP contribution in [0.3, 0.4) is 0 Å². The van der Waals surface area contributed by atoms with Crippen LogP contribution >= 0.6 is 0 Å².